The van der Waals surface area contributed by atoms with Gasteiger partial charge in [0, 0.05) is 0 Å². The first kappa shape index (κ1) is 16.2. The van der Waals surface area contributed by atoms with Crippen LogP contribution in [0.15, 0.2) is 85.5 Å². The van der Waals surface area contributed by atoms with Gasteiger partial charge in [-0.05, 0) is 11.1 Å². The maximum atomic E-state index is 5.91. The van der Waals surface area contributed by atoms with Crippen LogP contribution in [0.2, 0.25) is 0 Å². The number of hydrogen-bond acceptors (Lipinski definition) is 2. The summed E-state index contributed by atoms with van der Waals surface area (Å²) in [6.45, 7) is 5.38. The molecule has 0 radical (unpaired) electrons. The lowest BCUT2D eigenvalue weighted by Crippen LogP contribution is -2.17. The van der Waals surface area contributed by atoms with Crippen LogP contribution in [-0.4, -0.2) is 12.7 Å². The van der Waals surface area contributed by atoms with Crippen LogP contribution >= 0.6 is 0 Å². The first-order chi connectivity index (χ1) is 10.9. The molecule has 0 unspecified atom stereocenters. The fourth-order valence-electron chi connectivity index (χ4n) is 2.01. The topological polar surface area (TPSA) is 18.5 Å². The van der Waals surface area contributed by atoms with E-state index in [2.05, 4.69) is 30.8 Å². The SMILES string of the molecule is C=C/C=C/[C@@H](COCc1ccccc1)OCc1ccccc1. The minimum atomic E-state index is -0.0816. The van der Waals surface area contributed by atoms with Gasteiger partial charge in [0.25, 0.3) is 0 Å². The van der Waals surface area contributed by atoms with Crippen molar-refractivity contribution in [3.63, 3.8) is 0 Å². The van der Waals surface area contributed by atoms with Crippen LogP contribution in [0.4, 0.5) is 0 Å². The standard InChI is InChI=1S/C20H22O2/c1-2-3-14-20(22-16-19-12-8-5-9-13-19)17-21-15-18-10-6-4-7-11-18/h2-14,20H,1,15-17H2/b14-3+/t20-/m0/s1. The van der Waals surface area contributed by atoms with E-state index in [0.29, 0.717) is 19.8 Å². The van der Waals surface area contributed by atoms with Crippen molar-refractivity contribution >= 4 is 0 Å². The smallest absolute Gasteiger partial charge is 0.0997 e. The van der Waals surface area contributed by atoms with Crippen LogP contribution in [0.25, 0.3) is 0 Å². The van der Waals surface area contributed by atoms with Crippen molar-refractivity contribution in [1.29, 1.82) is 0 Å². The maximum absolute atomic E-state index is 5.91. The maximum Gasteiger partial charge on any atom is 0.0997 e. The van der Waals surface area contributed by atoms with E-state index >= 15 is 0 Å². The summed E-state index contributed by atoms with van der Waals surface area (Å²) in [7, 11) is 0. The number of allylic oxidation sites excluding steroid dienone is 2. The monoisotopic (exact) mass is 294 g/mol. The summed E-state index contributed by atoms with van der Waals surface area (Å²) in [5.74, 6) is 0. The lowest BCUT2D eigenvalue weighted by molar-refractivity contribution is -0.00526. The Bertz CT molecular complexity index is 561. The third-order valence-corrected chi connectivity index (χ3v) is 3.16. The number of benzene rings is 2. The number of hydrogen-bond donors (Lipinski definition) is 0. The molecule has 0 N–H and O–H groups in total. The van der Waals surface area contributed by atoms with Crippen molar-refractivity contribution < 1.29 is 9.47 Å². The molecule has 0 bridgehead atoms. The van der Waals surface area contributed by atoms with E-state index in [4.69, 9.17) is 9.47 Å². The second-order valence-electron chi connectivity index (χ2n) is 4.96. The van der Waals surface area contributed by atoms with Crippen LogP contribution in [0.3, 0.4) is 0 Å². The van der Waals surface area contributed by atoms with Gasteiger partial charge in [-0.25, -0.2) is 0 Å². The summed E-state index contributed by atoms with van der Waals surface area (Å²) in [6.07, 6.45) is 5.53. The van der Waals surface area contributed by atoms with Gasteiger partial charge in [0.1, 0.15) is 0 Å². The molecule has 0 aliphatic rings. The number of rotatable bonds is 9. The normalized spacial score (nSPS) is 12.4. The predicted octanol–water partition coefficient (Wildman–Crippen LogP) is 4.53. The zero-order valence-electron chi connectivity index (χ0n) is 12.7. The first-order valence-corrected chi connectivity index (χ1v) is 7.45. The first-order valence-electron chi connectivity index (χ1n) is 7.45. The van der Waals surface area contributed by atoms with Crippen molar-refractivity contribution in [2.24, 2.45) is 0 Å². The second-order valence-corrected chi connectivity index (χ2v) is 4.96. The molecule has 2 aromatic rings. The summed E-state index contributed by atoms with van der Waals surface area (Å²) < 4.78 is 11.7. The molecule has 2 nitrogen and oxygen atoms in total. The molecule has 0 saturated carbocycles. The Morgan fingerprint density at radius 1 is 0.864 bits per heavy atom. The molecule has 0 spiro atoms. The van der Waals surface area contributed by atoms with Gasteiger partial charge < -0.3 is 9.47 Å². The quantitative estimate of drug-likeness (QED) is 0.633. The Morgan fingerprint density at radius 2 is 1.45 bits per heavy atom. The molecule has 0 fully saturated rings. The van der Waals surface area contributed by atoms with Gasteiger partial charge in [0.2, 0.25) is 0 Å². The van der Waals surface area contributed by atoms with E-state index < -0.39 is 0 Å². The fraction of sp³-hybridized carbons (Fsp3) is 0.200. The molecule has 114 valence electrons. The zero-order chi connectivity index (χ0) is 15.5. The number of ether oxygens (including phenoxy) is 2. The van der Waals surface area contributed by atoms with E-state index in [9.17, 15) is 0 Å². The van der Waals surface area contributed by atoms with Gasteiger partial charge in [-0.3, -0.25) is 0 Å². The van der Waals surface area contributed by atoms with Crippen LogP contribution < -0.4 is 0 Å². The lowest BCUT2D eigenvalue weighted by atomic mass is 10.2. The van der Waals surface area contributed by atoms with Crippen LogP contribution in [0, 0.1) is 0 Å². The average Bonchev–Trinajstić information content (AvgIpc) is 2.58. The molecule has 1 atom stereocenters. The van der Waals surface area contributed by atoms with E-state index in [1.54, 1.807) is 6.08 Å². The molecule has 0 aromatic heterocycles. The van der Waals surface area contributed by atoms with Gasteiger partial charge >= 0.3 is 0 Å². The Hall–Kier alpha value is -2.16. The minimum absolute atomic E-state index is 0.0816. The summed E-state index contributed by atoms with van der Waals surface area (Å²) in [6, 6.07) is 20.3. The Kier molecular flexibility index (Phi) is 7.16. The fourth-order valence-corrected chi connectivity index (χ4v) is 2.01. The van der Waals surface area contributed by atoms with Gasteiger partial charge in [0.05, 0.1) is 25.9 Å². The van der Waals surface area contributed by atoms with Crippen LogP contribution in [-0.2, 0) is 22.7 Å². The summed E-state index contributed by atoms with van der Waals surface area (Å²) in [4.78, 5) is 0. The molecule has 0 heterocycles. The Balaban J connectivity index is 1.81. The van der Waals surface area contributed by atoms with Crippen LogP contribution in [0.5, 0.6) is 0 Å². The summed E-state index contributed by atoms with van der Waals surface area (Å²) in [5, 5.41) is 0. The minimum Gasteiger partial charge on any atom is -0.374 e. The highest BCUT2D eigenvalue weighted by atomic mass is 16.5. The molecule has 0 saturated heterocycles. The molecule has 2 aromatic carbocycles. The third kappa shape index (κ3) is 6.08. The van der Waals surface area contributed by atoms with Crippen molar-refractivity contribution in [1.82, 2.24) is 0 Å². The third-order valence-electron chi connectivity index (χ3n) is 3.16. The zero-order valence-corrected chi connectivity index (χ0v) is 12.7. The largest absolute Gasteiger partial charge is 0.374 e. The summed E-state index contributed by atoms with van der Waals surface area (Å²) >= 11 is 0. The Labute approximate surface area is 132 Å². The van der Waals surface area contributed by atoms with Gasteiger partial charge in [-0.15, -0.1) is 0 Å². The second kappa shape index (κ2) is 9.72. The molecule has 2 rings (SSSR count). The molecule has 2 heteroatoms. The van der Waals surface area contributed by atoms with E-state index in [-0.39, 0.29) is 6.10 Å². The Morgan fingerprint density at radius 3 is 2.05 bits per heavy atom. The van der Waals surface area contributed by atoms with Gasteiger partial charge in [-0.2, -0.15) is 0 Å². The van der Waals surface area contributed by atoms with Crippen LogP contribution in [0.1, 0.15) is 11.1 Å². The summed E-state index contributed by atoms with van der Waals surface area (Å²) in [5.41, 5.74) is 2.32. The highest BCUT2D eigenvalue weighted by molar-refractivity contribution is 5.14. The highest BCUT2D eigenvalue weighted by Gasteiger charge is 2.06. The van der Waals surface area contributed by atoms with Crippen molar-refractivity contribution in [2.45, 2.75) is 19.3 Å². The molecule has 0 amide bonds. The van der Waals surface area contributed by atoms with Gasteiger partial charge in [-0.1, -0.05) is 85.5 Å². The molecular formula is C20H22O2. The highest BCUT2D eigenvalue weighted by Crippen LogP contribution is 2.07. The van der Waals surface area contributed by atoms with E-state index in [0.717, 1.165) is 11.1 Å². The van der Waals surface area contributed by atoms with Crippen molar-refractivity contribution in [3.8, 4) is 0 Å². The van der Waals surface area contributed by atoms with E-state index in [1.807, 2.05) is 48.6 Å². The lowest BCUT2D eigenvalue weighted by Gasteiger charge is -2.15. The van der Waals surface area contributed by atoms with Crippen molar-refractivity contribution in [3.05, 3.63) is 96.6 Å². The molecular weight excluding hydrogens is 272 g/mol. The van der Waals surface area contributed by atoms with Gasteiger partial charge in [0.15, 0.2) is 0 Å². The molecule has 22 heavy (non-hydrogen) atoms. The molecule has 0 aliphatic heterocycles. The van der Waals surface area contributed by atoms with E-state index in [1.165, 1.54) is 0 Å². The predicted molar refractivity (Wildman–Crippen MR) is 90.5 cm³/mol. The average molecular weight is 294 g/mol. The molecule has 0 aliphatic carbocycles. The van der Waals surface area contributed by atoms with Crippen molar-refractivity contribution in [2.75, 3.05) is 6.61 Å².